The van der Waals surface area contributed by atoms with Gasteiger partial charge in [-0.1, -0.05) is 32.9 Å². The number of carboxylic acids is 1. The minimum absolute atomic E-state index is 0.0165. The van der Waals surface area contributed by atoms with Gasteiger partial charge in [-0.05, 0) is 42.9 Å². The Morgan fingerprint density at radius 2 is 1.96 bits per heavy atom. The van der Waals surface area contributed by atoms with Crippen molar-refractivity contribution < 1.29 is 19.4 Å². The number of rotatable bonds is 5. The van der Waals surface area contributed by atoms with Crippen molar-refractivity contribution in [2.24, 2.45) is 5.92 Å². The second-order valence-electron chi connectivity index (χ2n) is 7.25. The molecule has 0 heterocycles. The third-order valence-electron chi connectivity index (χ3n) is 4.22. The van der Waals surface area contributed by atoms with E-state index in [-0.39, 0.29) is 23.3 Å². The lowest BCUT2D eigenvalue weighted by Crippen LogP contribution is -2.50. The van der Waals surface area contributed by atoms with Crippen LogP contribution in [0.2, 0.25) is 0 Å². The molecule has 1 fully saturated rings. The minimum atomic E-state index is -0.793. The third kappa shape index (κ3) is 4.47. The summed E-state index contributed by atoms with van der Waals surface area (Å²) in [4.78, 5) is 22.9. The first-order chi connectivity index (χ1) is 10.7. The maximum absolute atomic E-state index is 12.1. The van der Waals surface area contributed by atoms with Crippen molar-refractivity contribution in [2.45, 2.75) is 58.1 Å². The van der Waals surface area contributed by atoms with E-state index in [9.17, 15) is 9.59 Å². The largest absolute Gasteiger partial charge is 0.481 e. The van der Waals surface area contributed by atoms with E-state index in [0.29, 0.717) is 18.6 Å². The van der Waals surface area contributed by atoms with E-state index >= 15 is 0 Å². The second-order valence-corrected chi connectivity index (χ2v) is 7.25. The Labute approximate surface area is 137 Å². The molecular formula is C18H25NO4. The Morgan fingerprint density at radius 3 is 2.52 bits per heavy atom. The Kier molecular flexibility index (Phi) is 4.97. The first-order valence-corrected chi connectivity index (χ1v) is 7.97. The molecule has 0 aromatic heterocycles. The summed E-state index contributed by atoms with van der Waals surface area (Å²) < 4.78 is 5.73. The van der Waals surface area contributed by atoms with Gasteiger partial charge in [-0.15, -0.1) is 0 Å². The summed E-state index contributed by atoms with van der Waals surface area (Å²) >= 11 is 0. The number of benzene rings is 1. The van der Waals surface area contributed by atoms with Crippen molar-refractivity contribution in [1.82, 2.24) is 5.32 Å². The molecule has 5 nitrogen and oxygen atoms in total. The molecule has 0 bridgehead atoms. The van der Waals surface area contributed by atoms with Crippen LogP contribution in [-0.2, 0) is 15.0 Å². The molecule has 0 spiro atoms. The van der Waals surface area contributed by atoms with E-state index in [4.69, 9.17) is 9.84 Å². The van der Waals surface area contributed by atoms with Crippen LogP contribution < -0.4 is 10.1 Å². The molecule has 2 N–H and O–H groups in total. The van der Waals surface area contributed by atoms with Crippen LogP contribution >= 0.6 is 0 Å². The van der Waals surface area contributed by atoms with Gasteiger partial charge in [0.25, 0.3) is 5.91 Å². The maximum atomic E-state index is 12.1. The van der Waals surface area contributed by atoms with E-state index in [1.165, 1.54) is 0 Å². The molecule has 1 aliphatic carbocycles. The molecular weight excluding hydrogens is 294 g/mol. The zero-order valence-electron chi connectivity index (χ0n) is 14.1. The molecule has 1 aromatic rings. The fourth-order valence-electron chi connectivity index (χ4n) is 2.55. The summed E-state index contributed by atoms with van der Waals surface area (Å²) in [5.74, 6) is -0.670. The Balaban J connectivity index is 1.88. The minimum Gasteiger partial charge on any atom is -0.481 e. The molecule has 0 aliphatic heterocycles. The van der Waals surface area contributed by atoms with Crippen molar-refractivity contribution in [3.05, 3.63) is 29.8 Å². The summed E-state index contributed by atoms with van der Waals surface area (Å²) in [6.07, 6.45) is 0.370. The smallest absolute Gasteiger partial charge is 0.306 e. The van der Waals surface area contributed by atoms with Gasteiger partial charge in [0.15, 0.2) is 6.10 Å². The highest BCUT2D eigenvalue weighted by atomic mass is 16.5. The van der Waals surface area contributed by atoms with Crippen molar-refractivity contribution >= 4 is 11.9 Å². The number of hydrogen-bond acceptors (Lipinski definition) is 3. The zero-order chi connectivity index (χ0) is 17.2. The van der Waals surface area contributed by atoms with E-state index < -0.39 is 12.1 Å². The van der Waals surface area contributed by atoms with Crippen molar-refractivity contribution in [2.75, 3.05) is 0 Å². The molecule has 1 amide bonds. The molecule has 1 saturated carbocycles. The average Bonchev–Trinajstić information content (AvgIpc) is 2.40. The van der Waals surface area contributed by atoms with E-state index in [0.717, 1.165) is 5.56 Å². The molecule has 1 aliphatic rings. The van der Waals surface area contributed by atoms with Gasteiger partial charge in [0.05, 0.1) is 5.92 Å². The van der Waals surface area contributed by atoms with Crippen LogP contribution in [0, 0.1) is 5.92 Å². The number of carboxylic acid groups (broad SMARTS) is 1. The number of carbonyl (C=O) groups is 2. The van der Waals surface area contributed by atoms with Gasteiger partial charge in [0.1, 0.15) is 5.75 Å². The van der Waals surface area contributed by atoms with Crippen LogP contribution in [0.25, 0.3) is 0 Å². The Bertz CT molecular complexity index is 585. The van der Waals surface area contributed by atoms with E-state index in [2.05, 4.69) is 26.1 Å². The predicted molar refractivity (Wildman–Crippen MR) is 87.5 cm³/mol. The topological polar surface area (TPSA) is 75.6 Å². The number of ether oxygens (including phenoxy) is 1. The average molecular weight is 319 g/mol. The summed E-state index contributed by atoms with van der Waals surface area (Å²) in [6, 6.07) is 7.69. The Morgan fingerprint density at radius 1 is 1.30 bits per heavy atom. The van der Waals surface area contributed by atoms with Crippen molar-refractivity contribution in [3.8, 4) is 5.75 Å². The normalized spacial score (nSPS) is 21.9. The van der Waals surface area contributed by atoms with Gasteiger partial charge in [-0.3, -0.25) is 9.59 Å². The molecule has 1 atom stereocenters. The summed E-state index contributed by atoms with van der Waals surface area (Å²) in [6.45, 7) is 8.07. The monoisotopic (exact) mass is 319 g/mol. The van der Waals surface area contributed by atoms with Crippen LogP contribution in [0.15, 0.2) is 24.3 Å². The second kappa shape index (κ2) is 6.60. The molecule has 1 aromatic carbocycles. The highest BCUT2D eigenvalue weighted by molar-refractivity contribution is 5.81. The van der Waals surface area contributed by atoms with E-state index in [1.54, 1.807) is 6.92 Å². The van der Waals surface area contributed by atoms with Crippen LogP contribution in [0.3, 0.4) is 0 Å². The molecule has 0 radical (unpaired) electrons. The lowest BCUT2D eigenvalue weighted by molar-refractivity contribution is -0.146. The third-order valence-corrected chi connectivity index (χ3v) is 4.22. The number of aliphatic carboxylic acids is 1. The lowest BCUT2D eigenvalue weighted by atomic mass is 9.80. The van der Waals surface area contributed by atoms with Crippen LogP contribution in [-0.4, -0.2) is 29.1 Å². The van der Waals surface area contributed by atoms with Crippen LogP contribution in [0.5, 0.6) is 5.75 Å². The number of nitrogens with one attached hydrogen (secondary N) is 1. The highest BCUT2D eigenvalue weighted by Gasteiger charge is 2.36. The Hall–Kier alpha value is -2.04. The van der Waals surface area contributed by atoms with Crippen LogP contribution in [0.1, 0.15) is 46.1 Å². The fraction of sp³-hybridized carbons (Fsp3) is 0.556. The molecule has 0 saturated heterocycles. The van der Waals surface area contributed by atoms with Gasteiger partial charge < -0.3 is 15.2 Å². The zero-order valence-corrected chi connectivity index (χ0v) is 14.1. The number of amides is 1. The van der Waals surface area contributed by atoms with Gasteiger partial charge in [-0.25, -0.2) is 0 Å². The summed E-state index contributed by atoms with van der Waals surface area (Å²) in [5, 5.41) is 11.7. The molecule has 1 unspecified atom stereocenters. The number of hydrogen-bond donors (Lipinski definition) is 2. The molecule has 5 heteroatoms. The summed E-state index contributed by atoms with van der Waals surface area (Å²) in [7, 11) is 0. The first kappa shape index (κ1) is 17.3. The van der Waals surface area contributed by atoms with Crippen molar-refractivity contribution in [3.63, 3.8) is 0 Å². The lowest BCUT2D eigenvalue weighted by Gasteiger charge is -2.33. The molecule has 23 heavy (non-hydrogen) atoms. The SMILES string of the molecule is CC(Oc1cccc(C(C)(C)C)c1)C(=O)NC1CC(C(=O)O)C1. The van der Waals surface area contributed by atoms with Gasteiger partial charge >= 0.3 is 5.97 Å². The molecule has 126 valence electrons. The number of carbonyl (C=O) groups excluding carboxylic acids is 1. The van der Waals surface area contributed by atoms with E-state index in [1.807, 2.05) is 24.3 Å². The quantitative estimate of drug-likeness (QED) is 0.875. The maximum Gasteiger partial charge on any atom is 0.306 e. The predicted octanol–water partition coefficient (Wildman–Crippen LogP) is 2.73. The van der Waals surface area contributed by atoms with Crippen LogP contribution in [0.4, 0.5) is 0 Å². The van der Waals surface area contributed by atoms with Crippen molar-refractivity contribution in [1.29, 1.82) is 0 Å². The molecule has 2 rings (SSSR count). The van der Waals surface area contributed by atoms with Gasteiger partial charge in [0.2, 0.25) is 0 Å². The highest BCUT2D eigenvalue weighted by Crippen LogP contribution is 2.28. The first-order valence-electron chi connectivity index (χ1n) is 7.97. The fourth-order valence-corrected chi connectivity index (χ4v) is 2.55. The standard InChI is InChI=1S/C18H25NO4/c1-11(16(20)19-14-8-12(9-14)17(21)22)23-15-7-5-6-13(10-15)18(2,3)4/h5-7,10-12,14H,8-9H2,1-4H3,(H,19,20)(H,21,22). The summed E-state index contributed by atoms with van der Waals surface area (Å²) in [5.41, 5.74) is 1.16. The van der Waals surface area contributed by atoms with Gasteiger partial charge in [0, 0.05) is 6.04 Å². The van der Waals surface area contributed by atoms with Gasteiger partial charge in [-0.2, -0.15) is 0 Å².